The summed E-state index contributed by atoms with van der Waals surface area (Å²) < 4.78 is 9.97. The van der Waals surface area contributed by atoms with E-state index in [0.29, 0.717) is 0 Å². The van der Waals surface area contributed by atoms with Crippen molar-refractivity contribution in [2.45, 2.75) is 26.9 Å². The molecule has 0 bridgehead atoms. The number of rotatable bonds is 4. The van der Waals surface area contributed by atoms with Crippen LogP contribution in [-0.2, 0) is 19.1 Å². The summed E-state index contributed by atoms with van der Waals surface area (Å²) in [5, 5.41) is 0. The molecule has 87 valence electrons. The third-order valence-corrected chi connectivity index (χ3v) is 2.16. The molecule has 16 heavy (non-hydrogen) atoms. The van der Waals surface area contributed by atoms with E-state index >= 15 is 0 Å². The van der Waals surface area contributed by atoms with E-state index in [0.717, 1.165) is 11.8 Å². The first kappa shape index (κ1) is 13.0. The van der Waals surface area contributed by atoms with Gasteiger partial charge in [-0.15, -0.1) is 0 Å². The molecule has 1 atom stereocenters. The highest BCUT2D eigenvalue weighted by Gasteiger charge is 2.35. The number of carbonyl (C=O) groups excluding carboxylic acids is 2. The average Bonchev–Trinajstić information content (AvgIpc) is 2.61. The largest absolute Gasteiger partial charge is 0.465 e. The molecule has 0 aliphatic heterocycles. The van der Waals surface area contributed by atoms with Crippen LogP contribution < -0.4 is 0 Å². The molecular formula is C12H15O4. The van der Waals surface area contributed by atoms with E-state index in [1.54, 1.807) is 6.92 Å². The smallest absolute Gasteiger partial charge is 0.302 e. The summed E-state index contributed by atoms with van der Waals surface area (Å²) in [7, 11) is 0. The number of ether oxygens (including phenoxy) is 2. The lowest BCUT2D eigenvalue weighted by Gasteiger charge is -2.23. The van der Waals surface area contributed by atoms with Crippen molar-refractivity contribution < 1.29 is 19.1 Å². The van der Waals surface area contributed by atoms with Crippen molar-refractivity contribution in [2.24, 2.45) is 0 Å². The first-order chi connectivity index (χ1) is 7.50. The molecule has 0 saturated heterocycles. The van der Waals surface area contributed by atoms with Crippen LogP contribution in [0.1, 0.15) is 20.8 Å². The average molecular weight is 223 g/mol. The molecule has 1 fully saturated rings. The zero-order valence-electron chi connectivity index (χ0n) is 9.65. The van der Waals surface area contributed by atoms with Gasteiger partial charge in [-0.2, -0.15) is 0 Å². The van der Waals surface area contributed by atoms with Gasteiger partial charge >= 0.3 is 11.9 Å². The van der Waals surface area contributed by atoms with Gasteiger partial charge in [0.15, 0.2) is 0 Å². The molecule has 5 radical (unpaired) electrons. The molecule has 0 amide bonds. The Labute approximate surface area is 96.3 Å². The van der Waals surface area contributed by atoms with Crippen LogP contribution in [0.25, 0.3) is 0 Å². The van der Waals surface area contributed by atoms with Gasteiger partial charge < -0.3 is 9.47 Å². The Hall–Kier alpha value is -1.06. The monoisotopic (exact) mass is 223 g/mol. The minimum atomic E-state index is -0.327. The second kappa shape index (κ2) is 5.87. The standard InChI is InChI=1S/C12H15O4/c1-8(16-10(3)14)12-6-4-5-11(12)7-15-9(2)13/h4-6,8H,7H2,1-3H3/t8-/m1/s1. The quantitative estimate of drug-likeness (QED) is 0.674. The van der Waals surface area contributed by atoms with Gasteiger partial charge in [0.1, 0.15) is 6.10 Å². The Kier molecular flexibility index (Phi) is 4.77. The van der Waals surface area contributed by atoms with Crippen molar-refractivity contribution in [3.8, 4) is 0 Å². The molecule has 1 aliphatic carbocycles. The third kappa shape index (κ3) is 3.83. The van der Waals surface area contributed by atoms with Gasteiger partial charge in [0.25, 0.3) is 0 Å². The fourth-order valence-corrected chi connectivity index (χ4v) is 1.49. The maximum Gasteiger partial charge on any atom is 0.302 e. The second-order valence-corrected chi connectivity index (χ2v) is 3.54. The molecule has 1 rings (SSSR count). The highest BCUT2D eigenvalue weighted by molar-refractivity contribution is 5.67. The topological polar surface area (TPSA) is 52.6 Å². The summed E-state index contributed by atoms with van der Waals surface area (Å²) >= 11 is 0. The van der Waals surface area contributed by atoms with Crippen LogP contribution in [-0.4, -0.2) is 24.6 Å². The predicted molar refractivity (Wildman–Crippen MR) is 57.2 cm³/mol. The lowest BCUT2D eigenvalue weighted by atomic mass is 9.92. The minimum Gasteiger partial charge on any atom is -0.465 e. The Morgan fingerprint density at radius 1 is 1.25 bits per heavy atom. The number of carbonyl (C=O) groups is 2. The van der Waals surface area contributed by atoms with E-state index in [1.807, 2.05) is 19.3 Å². The highest BCUT2D eigenvalue weighted by atomic mass is 16.5. The fraction of sp³-hybridized carbons (Fsp3) is 0.417. The summed E-state index contributed by atoms with van der Waals surface area (Å²) in [6, 6.07) is 0. The van der Waals surface area contributed by atoms with Crippen LogP contribution in [0.5, 0.6) is 0 Å². The molecule has 0 N–H and O–H groups in total. The molecule has 0 heterocycles. The van der Waals surface area contributed by atoms with Crippen LogP contribution in [0, 0.1) is 31.1 Å². The van der Waals surface area contributed by atoms with Gasteiger partial charge in [0.05, 0.1) is 6.61 Å². The van der Waals surface area contributed by atoms with Gasteiger partial charge in [0.2, 0.25) is 0 Å². The van der Waals surface area contributed by atoms with Crippen LogP contribution in [0.15, 0.2) is 0 Å². The van der Waals surface area contributed by atoms with Crippen molar-refractivity contribution in [3.63, 3.8) is 0 Å². The lowest BCUT2D eigenvalue weighted by molar-refractivity contribution is -0.145. The van der Waals surface area contributed by atoms with E-state index < -0.39 is 0 Å². The number of hydrogen-bond acceptors (Lipinski definition) is 4. The molecular weight excluding hydrogens is 208 g/mol. The van der Waals surface area contributed by atoms with Gasteiger partial charge in [-0.25, -0.2) is 0 Å². The van der Waals surface area contributed by atoms with Crippen molar-refractivity contribution in [3.05, 3.63) is 31.1 Å². The summed E-state index contributed by atoms with van der Waals surface area (Å²) in [5.41, 5.74) is 0. The summed E-state index contributed by atoms with van der Waals surface area (Å²) in [6.07, 6.45) is 5.22. The predicted octanol–water partition coefficient (Wildman–Crippen LogP) is 1.28. The van der Waals surface area contributed by atoms with E-state index in [1.165, 1.54) is 13.8 Å². The maximum atomic E-state index is 10.8. The zero-order valence-corrected chi connectivity index (χ0v) is 9.65. The van der Waals surface area contributed by atoms with E-state index in [2.05, 4.69) is 0 Å². The Morgan fingerprint density at radius 2 is 1.94 bits per heavy atom. The van der Waals surface area contributed by atoms with E-state index in [9.17, 15) is 9.59 Å². The molecule has 4 heteroatoms. The second-order valence-electron chi connectivity index (χ2n) is 3.54. The molecule has 0 unspecified atom stereocenters. The van der Waals surface area contributed by atoms with Crippen LogP contribution in [0.3, 0.4) is 0 Å². The maximum absolute atomic E-state index is 10.8. The highest BCUT2D eigenvalue weighted by Crippen LogP contribution is 2.36. The minimum absolute atomic E-state index is 0.212. The molecule has 4 nitrogen and oxygen atoms in total. The Morgan fingerprint density at radius 3 is 2.50 bits per heavy atom. The van der Waals surface area contributed by atoms with Crippen LogP contribution in [0.4, 0.5) is 0 Å². The molecule has 0 aromatic rings. The molecule has 0 spiro atoms. The summed E-state index contributed by atoms with van der Waals surface area (Å²) in [5.74, 6) is 1.08. The van der Waals surface area contributed by atoms with Crippen molar-refractivity contribution >= 4 is 11.9 Å². The third-order valence-electron chi connectivity index (χ3n) is 2.16. The fourth-order valence-electron chi connectivity index (χ4n) is 1.49. The molecule has 1 saturated carbocycles. The van der Waals surface area contributed by atoms with Crippen LogP contribution in [0.2, 0.25) is 0 Å². The van der Waals surface area contributed by atoms with Crippen molar-refractivity contribution in [1.82, 2.24) is 0 Å². The van der Waals surface area contributed by atoms with Gasteiger partial charge in [-0.1, -0.05) is 0 Å². The van der Waals surface area contributed by atoms with E-state index in [-0.39, 0.29) is 24.6 Å². The summed E-state index contributed by atoms with van der Waals surface area (Å²) in [6.45, 7) is 4.72. The number of esters is 2. The number of hydrogen-bond donors (Lipinski definition) is 0. The molecule has 1 aliphatic rings. The van der Waals surface area contributed by atoms with Crippen molar-refractivity contribution in [1.29, 1.82) is 0 Å². The van der Waals surface area contributed by atoms with Crippen molar-refractivity contribution in [2.75, 3.05) is 6.61 Å². The van der Waals surface area contributed by atoms with E-state index in [4.69, 9.17) is 9.47 Å². The van der Waals surface area contributed by atoms with Gasteiger partial charge in [-0.3, -0.25) is 9.59 Å². The molecule has 0 aromatic heterocycles. The Balaban J connectivity index is 2.44. The normalized spacial score (nSPS) is 19.4. The lowest BCUT2D eigenvalue weighted by Crippen LogP contribution is -2.26. The first-order valence-corrected chi connectivity index (χ1v) is 5.05. The van der Waals surface area contributed by atoms with Crippen LogP contribution >= 0.6 is 0 Å². The van der Waals surface area contributed by atoms with Gasteiger partial charge in [0, 0.05) is 25.7 Å². The Bertz CT molecular complexity index is 262. The zero-order chi connectivity index (χ0) is 12.1. The SMILES string of the molecule is CC(=O)OC[C]1[CH][CH][CH][C]1[C@@H](C)OC(C)=O. The summed E-state index contributed by atoms with van der Waals surface area (Å²) in [4.78, 5) is 21.5. The molecule has 0 aromatic carbocycles. The van der Waals surface area contributed by atoms with Gasteiger partial charge in [-0.05, 0) is 26.2 Å². The first-order valence-electron chi connectivity index (χ1n) is 5.05.